The lowest BCUT2D eigenvalue weighted by atomic mass is 10.1. The smallest absolute Gasteiger partial charge is 0.236 e. The number of carbonyl (C=O) groups is 1. The number of nitrogens with one attached hydrogen (secondary N) is 1. The Hall–Kier alpha value is -1.10. The van der Waals surface area contributed by atoms with Gasteiger partial charge in [0.2, 0.25) is 5.91 Å². The second-order valence-electron chi connectivity index (χ2n) is 5.19. The number of halogens is 1. The molecule has 2 heterocycles. The minimum Gasteiger partial charge on any atom is -0.339 e. The number of nitrogens with zero attached hydrogens (tertiary/aromatic N) is 2. The highest BCUT2D eigenvalue weighted by Crippen LogP contribution is 2.25. The van der Waals surface area contributed by atoms with Crippen LogP contribution in [0.1, 0.15) is 11.1 Å². The number of hydrogen-bond acceptors (Lipinski definition) is 3. The van der Waals surface area contributed by atoms with Crippen molar-refractivity contribution in [3.05, 3.63) is 34.3 Å². The molecule has 0 unspecified atom stereocenters. The Morgan fingerprint density at radius 3 is 2.74 bits per heavy atom. The fourth-order valence-electron chi connectivity index (χ4n) is 2.75. The summed E-state index contributed by atoms with van der Waals surface area (Å²) in [4.78, 5) is 16.3. The van der Waals surface area contributed by atoms with Crippen molar-refractivity contribution in [1.29, 1.82) is 0 Å². The van der Waals surface area contributed by atoms with Crippen molar-refractivity contribution in [3.63, 3.8) is 0 Å². The summed E-state index contributed by atoms with van der Waals surface area (Å²) in [5.41, 5.74) is 2.54. The number of fused-ring (bicyclic) bond motifs is 1. The highest BCUT2D eigenvalue weighted by Gasteiger charge is 2.24. The van der Waals surface area contributed by atoms with Crippen LogP contribution in [0.4, 0.5) is 0 Å². The zero-order chi connectivity index (χ0) is 13.2. The van der Waals surface area contributed by atoms with Crippen molar-refractivity contribution in [2.45, 2.75) is 13.1 Å². The topological polar surface area (TPSA) is 35.6 Å². The molecule has 1 saturated heterocycles. The second kappa shape index (κ2) is 5.49. The van der Waals surface area contributed by atoms with E-state index >= 15 is 0 Å². The van der Waals surface area contributed by atoms with Crippen molar-refractivity contribution in [3.8, 4) is 0 Å². The number of piperazine rings is 1. The Balaban J connectivity index is 1.59. The predicted octanol–water partition coefficient (Wildman–Crippen LogP) is 1.09. The summed E-state index contributed by atoms with van der Waals surface area (Å²) in [6.45, 7) is 5.64. The molecule has 3 rings (SSSR count). The summed E-state index contributed by atoms with van der Waals surface area (Å²) in [6, 6.07) is 5.99. The molecule has 1 fully saturated rings. The van der Waals surface area contributed by atoms with E-state index < -0.39 is 0 Å². The highest BCUT2D eigenvalue weighted by molar-refractivity contribution is 6.30. The summed E-state index contributed by atoms with van der Waals surface area (Å²) in [7, 11) is 0. The van der Waals surface area contributed by atoms with Crippen molar-refractivity contribution in [2.75, 3.05) is 32.7 Å². The molecule has 5 heteroatoms. The minimum absolute atomic E-state index is 0.236. The molecule has 1 aromatic rings. The fraction of sp³-hybridized carbons (Fsp3) is 0.500. The molecule has 0 radical (unpaired) electrons. The number of amides is 1. The van der Waals surface area contributed by atoms with Crippen LogP contribution in [0.3, 0.4) is 0 Å². The first-order valence-corrected chi connectivity index (χ1v) is 7.08. The largest absolute Gasteiger partial charge is 0.339 e. The first-order valence-electron chi connectivity index (χ1n) is 6.70. The first kappa shape index (κ1) is 12.9. The molecule has 4 nitrogen and oxygen atoms in total. The summed E-state index contributed by atoms with van der Waals surface area (Å²) >= 11 is 6.00. The summed E-state index contributed by atoms with van der Waals surface area (Å²) in [5.74, 6) is 0.236. The van der Waals surface area contributed by atoms with Gasteiger partial charge < -0.3 is 10.2 Å². The Kier molecular flexibility index (Phi) is 3.73. The van der Waals surface area contributed by atoms with E-state index in [0.29, 0.717) is 6.54 Å². The molecular formula is C14H18ClN3O. The predicted molar refractivity (Wildman–Crippen MR) is 75.0 cm³/mol. The van der Waals surface area contributed by atoms with Crippen LogP contribution in [0.25, 0.3) is 0 Å². The molecule has 0 saturated carbocycles. The van der Waals surface area contributed by atoms with Crippen LogP contribution >= 0.6 is 11.6 Å². The molecule has 19 heavy (non-hydrogen) atoms. The maximum Gasteiger partial charge on any atom is 0.236 e. The normalized spacial score (nSPS) is 19.5. The first-order chi connectivity index (χ1) is 9.22. The standard InChI is InChI=1S/C14H18ClN3O/c15-13-2-1-11-8-17(9-12(11)7-13)10-14(19)18-5-3-16-4-6-18/h1-2,7,16H,3-6,8-10H2. The van der Waals surface area contributed by atoms with E-state index in [9.17, 15) is 4.79 Å². The van der Waals surface area contributed by atoms with Gasteiger partial charge in [-0.05, 0) is 23.3 Å². The molecule has 2 aliphatic rings. The monoisotopic (exact) mass is 279 g/mol. The molecule has 1 N–H and O–H groups in total. The molecule has 0 aromatic heterocycles. The molecule has 1 amide bonds. The van der Waals surface area contributed by atoms with Gasteiger partial charge in [-0.15, -0.1) is 0 Å². The lowest BCUT2D eigenvalue weighted by Gasteiger charge is -2.29. The SMILES string of the molecule is O=C(CN1Cc2ccc(Cl)cc2C1)N1CCNCC1. The summed E-state index contributed by atoms with van der Waals surface area (Å²) < 4.78 is 0. The summed E-state index contributed by atoms with van der Waals surface area (Å²) in [6.07, 6.45) is 0. The Labute approximate surface area is 118 Å². The number of rotatable bonds is 2. The summed E-state index contributed by atoms with van der Waals surface area (Å²) in [5, 5.41) is 4.03. The molecule has 0 bridgehead atoms. The third kappa shape index (κ3) is 2.91. The van der Waals surface area contributed by atoms with Crippen LogP contribution in [0.2, 0.25) is 5.02 Å². The molecule has 0 atom stereocenters. The maximum atomic E-state index is 12.2. The Bertz CT molecular complexity index is 486. The van der Waals surface area contributed by atoms with E-state index in [4.69, 9.17) is 11.6 Å². The van der Waals surface area contributed by atoms with E-state index in [0.717, 1.165) is 44.3 Å². The molecule has 2 aliphatic heterocycles. The Morgan fingerprint density at radius 2 is 1.95 bits per heavy atom. The third-order valence-electron chi connectivity index (χ3n) is 3.78. The van der Waals surface area contributed by atoms with Crippen molar-refractivity contribution in [2.24, 2.45) is 0 Å². The molecule has 1 aromatic carbocycles. The van der Waals surface area contributed by atoms with Gasteiger partial charge in [0.05, 0.1) is 6.54 Å². The van der Waals surface area contributed by atoms with Crippen molar-refractivity contribution >= 4 is 17.5 Å². The third-order valence-corrected chi connectivity index (χ3v) is 4.02. The molecule has 0 spiro atoms. The zero-order valence-corrected chi connectivity index (χ0v) is 11.6. The zero-order valence-electron chi connectivity index (χ0n) is 10.9. The van der Waals surface area contributed by atoms with E-state index in [-0.39, 0.29) is 5.91 Å². The van der Waals surface area contributed by atoms with Crippen molar-refractivity contribution < 1.29 is 4.79 Å². The molecule has 0 aliphatic carbocycles. The number of carbonyl (C=O) groups excluding carboxylic acids is 1. The van der Waals surface area contributed by atoms with Crippen LogP contribution in [-0.4, -0.2) is 48.4 Å². The minimum atomic E-state index is 0.236. The van der Waals surface area contributed by atoms with E-state index in [2.05, 4.69) is 16.3 Å². The molecular weight excluding hydrogens is 262 g/mol. The van der Waals surface area contributed by atoms with E-state index in [1.54, 1.807) is 0 Å². The van der Waals surface area contributed by atoms with Crippen LogP contribution in [0.5, 0.6) is 0 Å². The van der Waals surface area contributed by atoms with Crippen LogP contribution < -0.4 is 5.32 Å². The van der Waals surface area contributed by atoms with Gasteiger partial charge in [0.15, 0.2) is 0 Å². The van der Waals surface area contributed by atoms with Gasteiger partial charge in [0.25, 0.3) is 0 Å². The molecule has 102 valence electrons. The van der Waals surface area contributed by atoms with E-state index in [1.807, 2.05) is 17.0 Å². The quantitative estimate of drug-likeness (QED) is 0.880. The fourth-order valence-corrected chi connectivity index (χ4v) is 2.95. The van der Waals surface area contributed by atoms with Gasteiger partial charge in [-0.25, -0.2) is 0 Å². The van der Waals surface area contributed by atoms with Gasteiger partial charge in [-0.1, -0.05) is 17.7 Å². The lowest BCUT2D eigenvalue weighted by molar-refractivity contribution is -0.133. The van der Waals surface area contributed by atoms with Gasteiger partial charge in [0.1, 0.15) is 0 Å². The highest BCUT2D eigenvalue weighted by atomic mass is 35.5. The lowest BCUT2D eigenvalue weighted by Crippen LogP contribution is -2.49. The van der Waals surface area contributed by atoms with Gasteiger partial charge in [-0.3, -0.25) is 9.69 Å². The van der Waals surface area contributed by atoms with Gasteiger partial charge in [-0.2, -0.15) is 0 Å². The van der Waals surface area contributed by atoms with Crippen LogP contribution in [-0.2, 0) is 17.9 Å². The Morgan fingerprint density at radius 1 is 1.21 bits per heavy atom. The van der Waals surface area contributed by atoms with Gasteiger partial charge in [0, 0.05) is 44.3 Å². The van der Waals surface area contributed by atoms with E-state index in [1.165, 1.54) is 11.1 Å². The average Bonchev–Trinajstić information content (AvgIpc) is 2.81. The number of benzene rings is 1. The maximum absolute atomic E-state index is 12.2. The van der Waals surface area contributed by atoms with Crippen molar-refractivity contribution in [1.82, 2.24) is 15.1 Å². The number of hydrogen-bond donors (Lipinski definition) is 1. The van der Waals surface area contributed by atoms with Gasteiger partial charge >= 0.3 is 0 Å². The average molecular weight is 280 g/mol. The van der Waals surface area contributed by atoms with Crippen LogP contribution in [0.15, 0.2) is 18.2 Å². The van der Waals surface area contributed by atoms with Crippen LogP contribution in [0, 0.1) is 0 Å². The second-order valence-corrected chi connectivity index (χ2v) is 5.63.